The molecule has 7 nitrogen and oxygen atoms in total. The van der Waals surface area contributed by atoms with Crippen LogP contribution in [-0.2, 0) is 9.59 Å². The first-order chi connectivity index (χ1) is 8.91. The summed E-state index contributed by atoms with van der Waals surface area (Å²) in [6.45, 7) is 2.58. The summed E-state index contributed by atoms with van der Waals surface area (Å²) >= 11 is 0. The molecule has 0 aromatic heterocycles. The van der Waals surface area contributed by atoms with E-state index in [1.807, 2.05) is 6.92 Å². The van der Waals surface area contributed by atoms with E-state index in [-0.39, 0.29) is 24.9 Å². The number of primary amides is 1. The minimum absolute atomic E-state index is 0.0125. The molecule has 1 heterocycles. The number of likely N-dealkylation sites (tertiary alicyclic amines) is 1. The van der Waals surface area contributed by atoms with Gasteiger partial charge in [-0.3, -0.25) is 4.79 Å². The highest BCUT2D eigenvalue weighted by Crippen LogP contribution is 2.16. The van der Waals surface area contributed by atoms with Gasteiger partial charge in [0, 0.05) is 19.0 Å². The molecule has 0 aromatic rings. The van der Waals surface area contributed by atoms with Crippen LogP contribution in [0.5, 0.6) is 0 Å². The van der Waals surface area contributed by atoms with Crippen molar-refractivity contribution in [1.29, 1.82) is 0 Å². The Morgan fingerprint density at radius 1 is 1.42 bits per heavy atom. The monoisotopic (exact) mass is 271 g/mol. The van der Waals surface area contributed by atoms with Gasteiger partial charge in [0.25, 0.3) is 0 Å². The molecule has 1 unspecified atom stereocenters. The van der Waals surface area contributed by atoms with Gasteiger partial charge in [0.15, 0.2) is 0 Å². The number of amides is 3. The highest BCUT2D eigenvalue weighted by molar-refractivity contribution is 5.83. The van der Waals surface area contributed by atoms with E-state index >= 15 is 0 Å². The number of carbonyl (C=O) groups is 3. The number of carboxylic acid groups (broad SMARTS) is 1. The van der Waals surface area contributed by atoms with E-state index in [1.54, 1.807) is 4.90 Å². The molecule has 1 aliphatic rings. The van der Waals surface area contributed by atoms with Gasteiger partial charge in [0.05, 0.1) is 0 Å². The minimum Gasteiger partial charge on any atom is -0.480 e. The SMILES string of the molecule is CC1CCCCN1C(=O)N[C@@H](CCC(N)=O)C(=O)O. The number of piperidine rings is 1. The number of urea groups is 1. The zero-order valence-corrected chi connectivity index (χ0v) is 11.1. The summed E-state index contributed by atoms with van der Waals surface area (Å²) in [7, 11) is 0. The van der Waals surface area contributed by atoms with Crippen molar-refractivity contribution in [2.75, 3.05) is 6.54 Å². The summed E-state index contributed by atoms with van der Waals surface area (Å²) in [6, 6.07) is -1.35. The third kappa shape index (κ3) is 4.76. The van der Waals surface area contributed by atoms with Crippen molar-refractivity contribution in [2.24, 2.45) is 5.73 Å². The largest absolute Gasteiger partial charge is 0.480 e. The lowest BCUT2D eigenvalue weighted by molar-refractivity contribution is -0.139. The van der Waals surface area contributed by atoms with E-state index in [2.05, 4.69) is 5.32 Å². The van der Waals surface area contributed by atoms with Gasteiger partial charge in [-0.15, -0.1) is 0 Å². The van der Waals surface area contributed by atoms with Crippen molar-refractivity contribution in [1.82, 2.24) is 10.2 Å². The summed E-state index contributed by atoms with van der Waals surface area (Å²) in [4.78, 5) is 35.3. The summed E-state index contributed by atoms with van der Waals surface area (Å²) in [5.74, 6) is -1.73. The fraction of sp³-hybridized carbons (Fsp3) is 0.750. The Bertz CT molecular complexity index is 359. The van der Waals surface area contributed by atoms with Crippen LogP contribution in [0.3, 0.4) is 0 Å². The maximum Gasteiger partial charge on any atom is 0.326 e. The van der Waals surface area contributed by atoms with Gasteiger partial charge in [0.1, 0.15) is 6.04 Å². The van der Waals surface area contributed by atoms with Gasteiger partial charge in [-0.2, -0.15) is 0 Å². The molecule has 1 saturated heterocycles. The number of carboxylic acids is 1. The van der Waals surface area contributed by atoms with Crippen LogP contribution in [0.25, 0.3) is 0 Å². The topological polar surface area (TPSA) is 113 Å². The molecule has 0 bridgehead atoms. The quantitative estimate of drug-likeness (QED) is 0.667. The van der Waals surface area contributed by atoms with E-state index in [1.165, 1.54) is 0 Å². The Morgan fingerprint density at radius 2 is 2.11 bits per heavy atom. The predicted molar refractivity (Wildman–Crippen MR) is 68.4 cm³/mol. The van der Waals surface area contributed by atoms with Crippen molar-refractivity contribution < 1.29 is 19.5 Å². The normalized spacial score (nSPS) is 20.7. The molecule has 0 aromatic carbocycles. The third-order valence-electron chi connectivity index (χ3n) is 3.34. The molecular weight excluding hydrogens is 250 g/mol. The lowest BCUT2D eigenvalue weighted by Gasteiger charge is -2.34. The van der Waals surface area contributed by atoms with Gasteiger partial charge in [-0.25, -0.2) is 9.59 Å². The van der Waals surface area contributed by atoms with E-state index in [0.29, 0.717) is 6.54 Å². The first-order valence-electron chi connectivity index (χ1n) is 6.50. The number of hydrogen-bond acceptors (Lipinski definition) is 3. The van der Waals surface area contributed by atoms with E-state index < -0.39 is 17.9 Å². The Kier molecular flexibility index (Phi) is 5.59. The summed E-state index contributed by atoms with van der Waals surface area (Å²) in [5, 5.41) is 11.5. The highest BCUT2D eigenvalue weighted by atomic mass is 16.4. The Balaban J connectivity index is 2.55. The summed E-state index contributed by atoms with van der Waals surface area (Å²) < 4.78 is 0. The second-order valence-electron chi connectivity index (χ2n) is 4.88. The van der Waals surface area contributed by atoms with Gasteiger partial charge >= 0.3 is 12.0 Å². The zero-order chi connectivity index (χ0) is 14.4. The fourth-order valence-corrected chi connectivity index (χ4v) is 2.18. The first-order valence-corrected chi connectivity index (χ1v) is 6.50. The smallest absolute Gasteiger partial charge is 0.326 e. The molecule has 7 heteroatoms. The molecule has 1 fully saturated rings. The van der Waals surface area contributed by atoms with E-state index in [0.717, 1.165) is 19.3 Å². The van der Waals surface area contributed by atoms with Crippen molar-refractivity contribution >= 4 is 17.9 Å². The van der Waals surface area contributed by atoms with Crippen molar-refractivity contribution in [3.8, 4) is 0 Å². The minimum atomic E-state index is -1.15. The molecule has 1 aliphatic heterocycles. The fourth-order valence-electron chi connectivity index (χ4n) is 2.18. The predicted octanol–water partition coefficient (Wildman–Crippen LogP) is 0.289. The molecule has 19 heavy (non-hydrogen) atoms. The average molecular weight is 271 g/mol. The van der Waals surface area contributed by atoms with Gasteiger partial charge in [-0.1, -0.05) is 0 Å². The summed E-state index contributed by atoms with van der Waals surface area (Å²) in [6.07, 6.45) is 2.88. The molecule has 0 spiro atoms. The number of nitrogens with zero attached hydrogens (tertiary/aromatic N) is 1. The second-order valence-corrected chi connectivity index (χ2v) is 4.88. The van der Waals surface area contributed by atoms with Crippen LogP contribution in [0.15, 0.2) is 0 Å². The standard InChI is InChI=1S/C12H21N3O4/c1-8-4-2-3-7-15(8)12(19)14-9(11(17)18)5-6-10(13)16/h8-9H,2-7H2,1H3,(H2,13,16)(H,14,19)(H,17,18)/t8?,9-/m0/s1. The molecule has 4 N–H and O–H groups in total. The van der Waals surface area contributed by atoms with Crippen LogP contribution in [0.1, 0.15) is 39.0 Å². The Morgan fingerprint density at radius 3 is 2.63 bits per heavy atom. The highest BCUT2D eigenvalue weighted by Gasteiger charge is 2.27. The van der Waals surface area contributed by atoms with Crippen LogP contribution in [-0.4, -0.2) is 46.5 Å². The second kappa shape index (κ2) is 6.96. The number of nitrogens with one attached hydrogen (secondary N) is 1. The van der Waals surface area contributed by atoms with Crippen LogP contribution in [0.4, 0.5) is 4.79 Å². The van der Waals surface area contributed by atoms with E-state index in [9.17, 15) is 14.4 Å². The number of nitrogens with two attached hydrogens (primary N) is 1. The molecule has 0 aliphatic carbocycles. The average Bonchev–Trinajstić information content (AvgIpc) is 2.34. The molecule has 3 amide bonds. The molecule has 108 valence electrons. The summed E-state index contributed by atoms with van der Waals surface area (Å²) in [5.41, 5.74) is 4.98. The number of aliphatic carboxylic acids is 1. The molecule has 1 rings (SSSR count). The van der Waals surface area contributed by atoms with Crippen molar-refractivity contribution in [3.63, 3.8) is 0 Å². The van der Waals surface area contributed by atoms with Crippen LogP contribution < -0.4 is 11.1 Å². The van der Waals surface area contributed by atoms with Gasteiger partial charge in [0.2, 0.25) is 5.91 Å². The molecule has 2 atom stereocenters. The number of rotatable bonds is 5. The lowest BCUT2D eigenvalue weighted by Crippen LogP contribution is -2.52. The maximum atomic E-state index is 12.0. The maximum absolute atomic E-state index is 12.0. The van der Waals surface area contributed by atoms with Crippen LogP contribution >= 0.6 is 0 Å². The van der Waals surface area contributed by atoms with Crippen molar-refractivity contribution in [2.45, 2.75) is 51.1 Å². The number of hydrogen-bond donors (Lipinski definition) is 3. The Hall–Kier alpha value is -1.79. The van der Waals surface area contributed by atoms with Gasteiger partial charge < -0.3 is 21.1 Å². The molecule has 0 saturated carbocycles. The van der Waals surface area contributed by atoms with E-state index in [4.69, 9.17) is 10.8 Å². The molecular formula is C12H21N3O4. The first kappa shape index (κ1) is 15.3. The van der Waals surface area contributed by atoms with Crippen LogP contribution in [0, 0.1) is 0 Å². The molecule has 0 radical (unpaired) electrons. The van der Waals surface area contributed by atoms with Crippen molar-refractivity contribution in [3.05, 3.63) is 0 Å². The number of carbonyl (C=O) groups excluding carboxylic acids is 2. The Labute approximate surface area is 112 Å². The third-order valence-corrected chi connectivity index (χ3v) is 3.34. The lowest BCUT2D eigenvalue weighted by atomic mass is 10.0. The van der Waals surface area contributed by atoms with Crippen LogP contribution in [0.2, 0.25) is 0 Å². The zero-order valence-electron chi connectivity index (χ0n) is 11.1. The van der Waals surface area contributed by atoms with Gasteiger partial charge in [-0.05, 0) is 32.6 Å².